The minimum atomic E-state index is -0.474. The van der Waals surface area contributed by atoms with E-state index in [0.717, 1.165) is 6.42 Å². The molecule has 1 unspecified atom stereocenters. The van der Waals surface area contributed by atoms with Gasteiger partial charge in [-0.3, -0.25) is 4.79 Å². The van der Waals surface area contributed by atoms with Gasteiger partial charge in [-0.2, -0.15) is 0 Å². The molecule has 1 saturated carbocycles. The first-order valence-electron chi connectivity index (χ1n) is 4.91. The van der Waals surface area contributed by atoms with Crippen LogP contribution in [0.15, 0.2) is 18.2 Å². The van der Waals surface area contributed by atoms with Crippen molar-refractivity contribution >= 4 is 66.7 Å². The van der Waals surface area contributed by atoms with Crippen LogP contribution in [0, 0.1) is 5.41 Å². The Bertz CT molecular complexity index is 492. The Hall–Kier alpha value is 0.230. The largest absolute Gasteiger partial charge is 0.324 e. The van der Waals surface area contributed by atoms with Crippen LogP contribution in [-0.4, -0.2) is 9.14 Å². The third-order valence-electron chi connectivity index (χ3n) is 2.94. The number of rotatable bonds is 2. The molecule has 1 aromatic rings. The summed E-state index contributed by atoms with van der Waals surface area (Å²) < 4.78 is -0.317. The van der Waals surface area contributed by atoms with Crippen LogP contribution >= 0.6 is 55.1 Å². The molecule has 0 spiro atoms. The van der Waals surface area contributed by atoms with E-state index in [-0.39, 0.29) is 9.14 Å². The molecule has 17 heavy (non-hydrogen) atoms. The van der Waals surface area contributed by atoms with Crippen LogP contribution in [0.4, 0.5) is 5.69 Å². The molecule has 0 saturated heterocycles. The van der Waals surface area contributed by atoms with Crippen molar-refractivity contribution in [2.24, 2.45) is 5.41 Å². The van der Waals surface area contributed by atoms with Gasteiger partial charge in [-0.15, -0.1) is 0 Å². The summed E-state index contributed by atoms with van der Waals surface area (Å²) in [6.07, 6.45) is 0.726. The predicted octanol–water partition coefficient (Wildman–Crippen LogP) is 4.83. The van der Waals surface area contributed by atoms with Gasteiger partial charge >= 0.3 is 0 Å². The Morgan fingerprint density at radius 1 is 1.41 bits per heavy atom. The normalized spacial score (nSPS) is 25.5. The van der Waals surface area contributed by atoms with Crippen LogP contribution in [0.3, 0.4) is 0 Å². The highest BCUT2D eigenvalue weighted by Gasteiger charge is 2.66. The van der Waals surface area contributed by atoms with E-state index in [1.54, 1.807) is 18.2 Å². The van der Waals surface area contributed by atoms with E-state index in [4.69, 9.17) is 23.2 Å². The first-order chi connectivity index (χ1) is 7.76. The topological polar surface area (TPSA) is 29.1 Å². The number of benzene rings is 1. The molecule has 2 nitrogen and oxygen atoms in total. The molecule has 92 valence electrons. The van der Waals surface area contributed by atoms with Gasteiger partial charge < -0.3 is 5.32 Å². The molecule has 1 aliphatic rings. The van der Waals surface area contributed by atoms with Crippen molar-refractivity contribution in [1.82, 2.24) is 0 Å². The van der Waals surface area contributed by atoms with Gasteiger partial charge in [0.25, 0.3) is 0 Å². The van der Waals surface area contributed by atoms with Crippen LogP contribution in [0.5, 0.6) is 0 Å². The Kier molecular flexibility index (Phi) is 3.54. The Morgan fingerprint density at radius 2 is 2.00 bits per heavy atom. The highest BCUT2D eigenvalue weighted by molar-refractivity contribution is 9.25. The van der Waals surface area contributed by atoms with Crippen LogP contribution in [0.2, 0.25) is 10.0 Å². The molecule has 2 rings (SSSR count). The van der Waals surface area contributed by atoms with Crippen molar-refractivity contribution in [3.8, 4) is 0 Å². The van der Waals surface area contributed by atoms with Gasteiger partial charge in [0.1, 0.15) is 0 Å². The van der Waals surface area contributed by atoms with Crippen molar-refractivity contribution in [3.63, 3.8) is 0 Å². The summed E-state index contributed by atoms with van der Waals surface area (Å²) in [7, 11) is 0. The summed E-state index contributed by atoms with van der Waals surface area (Å²) in [6.45, 7) is 1.88. The van der Waals surface area contributed by atoms with Gasteiger partial charge in [0, 0.05) is 5.02 Å². The number of nitrogens with one attached hydrogen (secondary N) is 1. The predicted molar refractivity (Wildman–Crippen MR) is 78.4 cm³/mol. The van der Waals surface area contributed by atoms with E-state index in [1.807, 2.05) is 6.92 Å². The van der Waals surface area contributed by atoms with Crippen LogP contribution in [-0.2, 0) is 4.79 Å². The molecule has 0 aromatic heterocycles. The maximum Gasteiger partial charge on any atom is 0.232 e. The lowest BCUT2D eigenvalue weighted by Crippen LogP contribution is -2.25. The molecule has 1 aromatic carbocycles. The SMILES string of the molecule is CC1(C(=O)Nc2cc(Cl)ccc2Cl)CC1(Br)Br. The summed E-state index contributed by atoms with van der Waals surface area (Å²) in [6, 6.07) is 4.97. The third-order valence-corrected chi connectivity index (χ3v) is 5.81. The maximum absolute atomic E-state index is 12.1. The fourth-order valence-corrected chi connectivity index (χ4v) is 3.32. The summed E-state index contributed by atoms with van der Waals surface area (Å²) >= 11 is 18.7. The molecule has 1 fully saturated rings. The average molecular weight is 402 g/mol. The summed E-state index contributed by atoms with van der Waals surface area (Å²) in [5.74, 6) is -0.0876. The molecule has 0 bridgehead atoms. The van der Waals surface area contributed by atoms with Gasteiger partial charge in [-0.05, 0) is 31.5 Å². The second-order valence-electron chi connectivity index (χ2n) is 4.29. The zero-order valence-electron chi connectivity index (χ0n) is 8.86. The number of hydrogen-bond acceptors (Lipinski definition) is 1. The van der Waals surface area contributed by atoms with Gasteiger partial charge in [0.2, 0.25) is 5.91 Å². The average Bonchev–Trinajstić information content (AvgIpc) is 2.74. The maximum atomic E-state index is 12.1. The van der Waals surface area contributed by atoms with Gasteiger partial charge in [0.15, 0.2) is 0 Å². The van der Waals surface area contributed by atoms with Crippen molar-refractivity contribution < 1.29 is 4.79 Å². The van der Waals surface area contributed by atoms with Crippen LogP contribution in [0.25, 0.3) is 0 Å². The van der Waals surface area contributed by atoms with E-state index in [9.17, 15) is 4.79 Å². The van der Waals surface area contributed by atoms with E-state index in [0.29, 0.717) is 15.7 Å². The molecule has 1 N–H and O–H groups in total. The zero-order valence-corrected chi connectivity index (χ0v) is 13.5. The smallest absolute Gasteiger partial charge is 0.232 e. The van der Waals surface area contributed by atoms with Crippen molar-refractivity contribution in [2.45, 2.75) is 16.6 Å². The molecular formula is C11H9Br2Cl2NO. The minimum Gasteiger partial charge on any atom is -0.324 e. The van der Waals surface area contributed by atoms with Crippen LogP contribution in [0.1, 0.15) is 13.3 Å². The molecule has 1 atom stereocenters. The Morgan fingerprint density at radius 3 is 2.53 bits per heavy atom. The number of hydrogen-bond donors (Lipinski definition) is 1. The lowest BCUT2D eigenvalue weighted by atomic mass is 10.1. The number of anilines is 1. The van der Waals surface area contributed by atoms with E-state index in [2.05, 4.69) is 37.2 Å². The molecule has 0 aliphatic heterocycles. The van der Waals surface area contributed by atoms with Crippen LogP contribution < -0.4 is 5.32 Å². The van der Waals surface area contributed by atoms with E-state index in [1.165, 1.54) is 0 Å². The Labute approximate surface area is 126 Å². The lowest BCUT2D eigenvalue weighted by Gasteiger charge is -2.14. The molecule has 1 aliphatic carbocycles. The number of halogens is 4. The quantitative estimate of drug-likeness (QED) is 0.707. The van der Waals surface area contributed by atoms with Gasteiger partial charge in [-0.25, -0.2) is 0 Å². The lowest BCUT2D eigenvalue weighted by molar-refractivity contribution is -0.120. The van der Waals surface area contributed by atoms with E-state index >= 15 is 0 Å². The Balaban J connectivity index is 2.17. The summed E-state index contributed by atoms with van der Waals surface area (Å²) in [5.41, 5.74) is 0.0617. The standard InChI is InChI=1S/C11H9Br2Cl2NO/c1-10(5-11(10,12)13)9(17)16-8-4-6(14)2-3-7(8)15/h2-4H,5H2,1H3,(H,16,17). The summed E-state index contributed by atoms with van der Waals surface area (Å²) in [4.78, 5) is 12.1. The van der Waals surface area contributed by atoms with Gasteiger partial charge in [-0.1, -0.05) is 55.1 Å². The summed E-state index contributed by atoms with van der Waals surface area (Å²) in [5, 5.41) is 3.80. The highest BCUT2D eigenvalue weighted by atomic mass is 79.9. The highest BCUT2D eigenvalue weighted by Crippen LogP contribution is 2.66. The second kappa shape index (κ2) is 4.41. The van der Waals surface area contributed by atoms with Crippen molar-refractivity contribution in [2.75, 3.05) is 5.32 Å². The number of amides is 1. The molecular weight excluding hydrogens is 393 g/mol. The van der Waals surface area contributed by atoms with Gasteiger partial charge in [0.05, 0.1) is 19.4 Å². The second-order valence-corrected chi connectivity index (χ2v) is 8.91. The molecule has 1 amide bonds. The molecule has 0 heterocycles. The monoisotopic (exact) mass is 399 g/mol. The zero-order chi connectivity index (χ0) is 12.8. The first kappa shape index (κ1) is 13.7. The van der Waals surface area contributed by atoms with Crippen molar-refractivity contribution in [3.05, 3.63) is 28.2 Å². The first-order valence-corrected chi connectivity index (χ1v) is 7.25. The third kappa shape index (κ3) is 2.50. The number of alkyl halides is 2. The fraction of sp³-hybridized carbons (Fsp3) is 0.364. The van der Waals surface area contributed by atoms with E-state index < -0.39 is 5.41 Å². The number of carbonyl (C=O) groups excluding carboxylic acids is 1. The molecule has 6 heteroatoms. The fourth-order valence-electron chi connectivity index (χ4n) is 1.50. The molecule has 0 radical (unpaired) electrons. The van der Waals surface area contributed by atoms with Crippen molar-refractivity contribution in [1.29, 1.82) is 0 Å². The minimum absolute atomic E-state index is 0.0876. The number of carbonyl (C=O) groups is 1.